The van der Waals surface area contributed by atoms with Gasteiger partial charge in [-0.05, 0) is 112 Å². The van der Waals surface area contributed by atoms with Crippen LogP contribution in [-0.4, -0.2) is 20.4 Å². The van der Waals surface area contributed by atoms with Gasteiger partial charge in [0, 0.05) is 11.4 Å². The van der Waals surface area contributed by atoms with Crippen molar-refractivity contribution in [1.29, 1.82) is 0 Å². The summed E-state index contributed by atoms with van der Waals surface area (Å²) in [6.07, 6.45) is -0.722. The normalized spacial score (nSPS) is 12.2. The number of aryl methyl sites for hydroxylation is 4. The third-order valence-electron chi connectivity index (χ3n) is 5.63. The van der Waals surface area contributed by atoms with E-state index in [1.54, 1.807) is 31.2 Å². The van der Waals surface area contributed by atoms with Crippen LogP contribution in [0.15, 0.2) is 59.5 Å². The smallest absolute Gasteiger partial charge is 0.265 e. The lowest BCUT2D eigenvalue weighted by atomic mass is 10.1. The van der Waals surface area contributed by atoms with Crippen molar-refractivity contribution in [2.45, 2.75) is 52.5 Å². The molecule has 3 rings (SSSR count). The second-order valence-corrected chi connectivity index (χ2v) is 10.1. The largest absolute Gasteiger partial charge is 0.481 e. The molecule has 6 nitrogen and oxygen atoms in total. The predicted molar refractivity (Wildman–Crippen MR) is 133 cm³/mol. The van der Waals surface area contributed by atoms with E-state index in [1.165, 1.54) is 12.1 Å². The Morgan fingerprint density at radius 1 is 0.818 bits per heavy atom. The van der Waals surface area contributed by atoms with Crippen LogP contribution in [-0.2, 0) is 14.8 Å². The molecule has 0 heterocycles. The van der Waals surface area contributed by atoms with E-state index in [2.05, 4.69) is 16.1 Å². The Balaban J connectivity index is 1.67. The molecule has 2 N–H and O–H groups in total. The molecule has 0 fully saturated rings. The molecular weight excluding hydrogens is 436 g/mol. The Hall–Kier alpha value is -3.32. The molecule has 0 aromatic heterocycles. The minimum atomic E-state index is -3.75. The number of nitrogens with one attached hydrogen (secondary N) is 2. The summed E-state index contributed by atoms with van der Waals surface area (Å²) >= 11 is 0. The number of hydrogen-bond acceptors (Lipinski definition) is 4. The van der Waals surface area contributed by atoms with Gasteiger partial charge < -0.3 is 10.1 Å². The van der Waals surface area contributed by atoms with Crippen LogP contribution in [0.2, 0.25) is 0 Å². The van der Waals surface area contributed by atoms with Gasteiger partial charge in [0.25, 0.3) is 15.9 Å². The maximum Gasteiger partial charge on any atom is 0.265 e. The highest BCUT2D eigenvalue weighted by atomic mass is 32.2. The van der Waals surface area contributed by atoms with Gasteiger partial charge in [0.15, 0.2) is 6.10 Å². The molecule has 0 aliphatic carbocycles. The van der Waals surface area contributed by atoms with Crippen molar-refractivity contribution in [3.05, 3.63) is 82.4 Å². The minimum Gasteiger partial charge on any atom is -0.481 e. The predicted octanol–water partition coefficient (Wildman–Crippen LogP) is 5.44. The van der Waals surface area contributed by atoms with Gasteiger partial charge in [0.05, 0.1) is 4.90 Å². The van der Waals surface area contributed by atoms with E-state index in [0.717, 1.165) is 27.8 Å². The molecule has 174 valence electrons. The summed E-state index contributed by atoms with van der Waals surface area (Å²) in [6.45, 7) is 11.5. The lowest BCUT2D eigenvalue weighted by Gasteiger charge is -2.18. The molecule has 0 bridgehead atoms. The third-order valence-corrected chi connectivity index (χ3v) is 7.03. The van der Waals surface area contributed by atoms with Crippen molar-refractivity contribution in [2.75, 3.05) is 10.0 Å². The topological polar surface area (TPSA) is 84.5 Å². The quantitative estimate of drug-likeness (QED) is 0.486. The Morgan fingerprint density at radius 2 is 1.45 bits per heavy atom. The van der Waals surface area contributed by atoms with Crippen LogP contribution in [0.3, 0.4) is 0 Å². The van der Waals surface area contributed by atoms with Crippen LogP contribution >= 0.6 is 0 Å². The number of benzene rings is 3. The van der Waals surface area contributed by atoms with E-state index in [0.29, 0.717) is 17.1 Å². The highest BCUT2D eigenvalue weighted by molar-refractivity contribution is 7.92. The highest BCUT2D eigenvalue weighted by Gasteiger charge is 2.18. The van der Waals surface area contributed by atoms with E-state index >= 15 is 0 Å². The first kappa shape index (κ1) is 24.3. The Labute approximate surface area is 196 Å². The maximum atomic E-state index is 12.7. The fourth-order valence-corrected chi connectivity index (χ4v) is 4.40. The van der Waals surface area contributed by atoms with E-state index in [4.69, 9.17) is 4.74 Å². The number of carbonyl (C=O) groups excluding carboxylic acids is 1. The summed E-state index contributed by atoms with van der Waals surface area (Å²) in [5, 5.41) is 2.77. The van der Waals surface area contributed by atoms with Crippen LogP contribution in [0.4, 0.5) is 11.4 Å². The van der Waals surface area contributed by atoms with Gasteiger partial charge in [-0.25, -0.2) is 8.42 Å². The zero-order chi connectivity index (χ0) is 24.3. The van der Waals surface area contributed by atoms with Gasteiger partial charge >= 0.3 is 0 Å². The van der Waals surface area contributed by atoms with Crippen LogP contribution in [0, 0.1) is 34.6 Å². The van der Waals surface area contributed by atoms with E-state index in [-0.39, 0.29) is 10.8 Å². The Bertz CT molecular complexity index is 1280. The first-order valence-corrected chi connectivity index (χ1v) is 12.2. The van der Waals surface area contributed by atoms with Crippen molar-refractivity contribution < 1.29 is 17.9 Å². The van der Waals surface area contributed by atoms with Gasteiger partial charge in [-0.1, -0.05) is 12.1 Å². The van der Waals surface area contributed by atoms with E-state index in [1.807, 2.05) is 46.8 Å². The number of carbonyl (C=O) groups is 1. The number of rotatable bonds is 7. The average molecular weight is 467 g/mol. The second kappa shape index (κ2) is 9.67. The van der Waals surface area contributed by atoms with Crippen molar-refractivity contribution in [3.8, 4) is 5.75 Å². The molecule has 1 atom stereocenters. The summed E-state index contributed by atoms with van der Waals surface area (Å²) < 4.78 is 33.9. The van der Waals surface area contributed by atoms with Gasteiger partial charge in [0.1, 0.15) is 5.75 Å². The van der Waals surface area contributed by atoms with Crippen LogP contribution in [0.5, 0.6) is 5.75 Å². The van der Waals surface area contributed by atoms with Crippen molar-refractivity contribution in [3.63, 3.8) is 0 Å². The van der Waals surface area contributed by atoms with Gasteiger partial charge in [-0.2, -0.15) is 0 Å². The lowest BCUT2D eigenvalue weighted by molar-refractivity contribution is -0.122. The standard InChI is InChI=1S/C26H30N2O4S/c1-16-13-19(4)20(5)25(14-16)32-21(6)26(29)27-22-9-11-24(12-10-22)33(30,31)28-23-8-7-17(2)18(3)15-23/h7-15,21,28H,1-6H3,(H,27,29)/t21-/m1/s1. The van der Waals surface area contributed by atoms with E-state index < -0.39 is 16.1 Å². The summed E-state index contributed by atoms with van der Waals surface area (Å²) in [5.41, 5.74) is 6.23. The number of sulfonamides is 1. The molecule has 3 aromatic rings. The molecule has 7 heteroatoms. The molecular formula is C26H30N2O4S. The number of ether oxygens (including phenoxy) is 1. The van der Waals surface area contributed by atoms with Crippen LogP contribution < -0.4 is 14.8 Å². The third kappa shape index (κ3) is 5.93. The SMILES string of the molecule is Cc1cc(C)c(C)c(O[C@H](C)C(=O)Nc2ccc(S(=O)(=O)Nc3ccc(C)c(C)c3)cc2)c1. The monoisotopic (exact) mass is 466 g/mol. The molecule has 0 saturated carbocycles. The molecule has 3 aromatic carbocycles. The van der Waals surface area contributed by atoms with Crippen LogP contribution in [0.25, 0.3) is 0 Å². The molecule has 0 spiro atoms. The highest BCUT2D eigenvalue weighted by Crippen LogP contribution is 2.25. The van der Waals surface area contributed by atoms with Gasteiger partial charge in [0.2, 0.25) is 0 Å². The number of amides is 1. The van der Waals surface area contributed by atoms with Crippen molar-refractivity contribution >= 4 is 27.3 Å². The van der Waals surface area contributed by atoms with E-state index in [9.17, 15) is 13.2 Å². The zero-order valence-corrected chi connectivity index (χ0v) is 20.6. The van der Waals surface area contributed by atoms with Crippen molar-refractivity contribution in [2.24, 2.45) is 0 Å². The van der Waals surface area contributed by atoms with Gasteiger partial charge in [-0.15, -0.1) is 0 Å². The lowest BCUT2D eigenvalue weighted by Crippen LogP contribution is -2.30. The Morgan fingerprint density at radius 3 is 2.09 bits per heavy atom. The molecule has 0 saturated heterocycles. The molecule has 0 unspecified atom stereocenters. The second-order valence-electron chi connectivity index (χ2n) is 8.38. The molecule has 1 amide bonds. The molecule has 33 heavy (non-hydrogen) atoms. The fraction of sp³-hybridized carbons (Fsp3) is 0.269. The summed E-state index contributed by atoms with van der Waals surface area (Å²) in [6, 6.07) is 15.4. The molecule has 0 radical (unpaired) electrons. The first-order chi connectivity index (χ1) is 15.5. The fourth-order valence-electron chi connectivity index (χ4n) is 3.35. The minimum absolute atomic E-state index is 0.105. The number of hydrogen-bond donors (Lipinski definition) is 2. The molecule has 0 aliphatic heterocycles. The maximum absolute atomic E-state index is 12.7. The van der Waals surface area contributed by atoms with Crippen molar-refractivity contribution in [1.82, 2.24) is 0 Å². The first-order valence-electron chi connectivity index (χ1n) is 10.7. The van der Waals surface area contributed by atoms with Gasteiger partial charge in [-0.3, -0.25) is 9.52 Å². The van der Waals surface area contributed by atoms with Crippen LogP contribution in [0.1, 0.15) is 34.7 Å². The molecule has 0 aliphatic rings. The summed E-state index contributed by atoms with van der Waals surface area (Å²) in [4.78, 5) is 12.7. The summed E-state index contributed by atoms with van der Waals surface area (Å²) in [5.74, 6) is 0.353. The number of anilines is 2. The average Bonchev–Trinajstić information content (AvgIpc) is 2.74. The Kier molecular flexibility index (Phi) is 7.12. The zero-order valence-electron chi connectivity index (χ0n) is 19.8. The summed E-state index contributed by atoms with van der Waals surface area (Å²) in [7, 11) is -3.75.